The number of hydrogen-bond donors (Lipinski definition) is 1. The molecule has 1 aliphatic heterocycles. The maximum atomic E-state index is 11.2. The molecule has 96 valence electrons. The number of rotatable bonds is 1. The van der Waals surface area contributed by atoms with Crippen molar-refractivity contribution in [3.05, 3.63) is 54.1 Å². The highest BCUT2D eigenvalue weighted by molar-refractivity contribution is 6.12. The summed E-state index contributed by atoms with van der Waals surface area (Å²) in [6, 6.07) is 14.7. The molecule has 3 aromatic carbocycles. The van der Waals surface area contributed by atoms with Crippen LogP contribution in [0.25, 0.3) is 21.9 Å². The molecule has 1 N–H and O–H groups in total. The molecule has 0 saturated carbocycles. The Morgan fingerprint density at radius 3 is 2.55 bits per heavy atom. The highest BCUT2D eigenvalue weighted by Crippen LogP contribution is 2.48. The molecule has 1 aliphatic rings. The van der Waals surface area contributed by atoms with Crippen molar-refractivity contribution in [3.63, 3.8) is 0 Å². The van der Waals surface area contributed by atoms with Crippen LogP contribution in [0.4, 0.5) is 0 Å². The number of ether oxygens (including phenoxy) is 1. The standard InChI is InChI=1S/C17H10O3/c18-9-10-5-8-15-17-12(6-7-13(19)16(10)17)11-3-1-2-4-14(11)20-15/h1-9,19H. The van der Waals surface area contributed by atoms with Crippen molar-refractivity contribution in [2.24, 2.45) is 0 Å². The zero-order valence-electron chi connectivity index (χ0n) is 10.5. The molecule has 0 aliphatic carbocycles. The highest BCUT2D eigenvalue weighted by atomic mass is 16.5. The van der Waals surface area contributed by atoms with Gasteiger partial charge in [0.05, 0.1) is 0 Å². The van der Waals surface area contributed by atoms with E-state index >= 15 is 0 Å². The van der Waals surface area contributed by atoms with Crippen molar-refractivity contribution < 1.29 is 14.6 Å². The molecule has 0 radical (unpaired) electrons. The summed E-state index contributed by atoms with van der Waals surface area (Å²) in [4.78, 5) is 11.2. The third kappa shape index (κ3) is 1.32. The molecule has 3 nitrogen and oxygen atoms in total. The lowest BCUT2D eigenvalue weighted by Crippen LogP contribution is -1.98. The van der Waals surface area contributed by atoms with Crippen LogP contribution in [-0.4, -0.2) is 11.4 Å². The van der Waals surface area contributed by atoms with Gasteiger partial charge in [0.15, 0.2) is 6.29 Å². The molecule has 3 heteroatoms. The lowest BCUT2D eigenvalue weighted by Gasteiger charge is -2.22. The molecule has 0 unspecified atom stereocenters. The highest BCUT2D eigenvalue weighted by Gasteiger charge is 2.22. The van der Waals surface area contributed by atoms with Crippen LogP contribution < -0.4 is 4.74 Å². The number of carbonyl (C=O) groups excluding carboxylic acids is 1. The van der Waals surface area contributed by atoms with Crippen molar-refractivity contribution in [2.75, 3.05) is 0 Å². The summed E-state index contributed by atoms with van der Waals surface area (Å²) in [7, 11) is 0. The van der Waals surface area contributed by atoms with Crippen molar-refractivity contribution in [2.45, 2.75) is 0 Å². The van der Waals surface area contributed by atoms with Gasteiger partial charge in [-0.25, -0.2) is 0 Å². The Kier molecular flexibility index (Phi) is 2.12. The lowest BCUT2D eigenvalue weighted by atomic mass is 9.92. The summed E-state index contributed by atoms with van der Waals surface area (Å²) in [5.74, 6) is 1.54. The minimum atomic E-state index is 0.0932. The summed E-state index contributed by atoms with van der Waals surface area (Å²) in [6.45, 7) is 0. The van der Waals surface area contributed by atoms with Gasteiger partial charge in [-0.3, -0.25) is 4.79 Å². The third-order valence-corrected chi connectivity index (χ3v) is 3.66. The van der Waals surface area contributed by atoms with Crippen molar-refractivity contribution >= 4 is 17.1 Å². The Morgan fingerprint density at radius 2 is 1.70 bits per heavy atom. The Bertz CT molecular complexity index is 865. The Balaban J connectivity index is 2.22. The number of carbonyl (C=O) groups is 1. The molecule has 0 aromatic heterocycles. The van der Waals surface area contributed by atoms with Gasteiger partial charge in [-0.05, 0) is 35.9 Å². The van der Waals surface area contributed by atoms with Gasteiger partial charge in [0.2, 0.25) is 0 Å². The van der Waals surface area contributed by atoms with E-state index in [2.05, 4.69) is 0 Å². The second-order valence-corrected chi connectivity index (χ2v) is 4.75. The first kappa shape index (κ1) is 11.1. The fourth-order valence-electron chi connectivity index (χ4n) is 2.78. The molecule has 0 fully saturated rings. The van der Waals surface area contributed by atoms with E-state index < -0.39 is 0 Å². The number of aldehydes is 1. The lowest BCUT2D eigenvalue weighted by molar-refractivity contribution is 0.112. The van der Waals surface area contributed by atoms with Crippen LogP contribution >= 0.6 is 0 Å². The Morgan fingerprint density at radius 1 is 0.850 bits per heavy atom. The Labute approximate surface area is 115 Å². The van der Waals surface area contributed by atoms with Crippen LogP contribution in [0.2, 0.25) is 0 Å². The maximum absolute atomic E-state index is 11.2. The number of phenols is 1. The zero-order valence-corrected chi connectivity index (χ0v) is 10.5. The van der Waals surface area contributed by atoms with E-state index in [-0.39, 0.29) is 5.75 Å². The second-order valence-electron chi connectivity index (χ2n) is 4.75. The average Bonchev–Trinajstić information content (AvgIpc) is 2.49. The molecule has 0 atom stereocenters. The fraction of sp³-hybridized carbons (Fsp3) is 0. The minimum absolute atomic E-state index is 0.0932. The average molecular weight is 262 g/mol. The maximum Gasteiger partial charge on any atom is 0.150 e. The van der Waals surface area contributed by atoms with Crippen LogP contribution in [0.5, 0.6) is 17.2 Å². The van der Waals surface area contributed by atoms with Gasteiger partial charge in [0, 0.05) is 21.9 Å². The number of fused-ring (bicyclic) bond motifs is 2. The monoisotopic (exact) mass is 262 g/mol. The van der Waals surface area contributed by atoms with Crippen molar-refractivity contribution in [3.8, 4) is 28.4 Å². The first-order valence-electron chi connectivity index (χ1n) is 6.30. The molecule has 20 heavy (non-hydrogen) atoms. The van der Waals surface area contributed by atoms with Gasteiger partial charge in [0.25, 0.3) is 0 Å². The number of benzene rings is 3. The van der Waals surface area contributed by atoms with E-state index in [0.29, 0.717) is 16.7 Å². The van der Waals surface area contributed by atoms with Crippen molar-refractivity contribution in [1.29, 1.82) is 0 Å². The molecule has 0 amide bonds. The molecule has 1 heterocycles. The van der Waals surface area contributed by atoms with Crippen LogP contribution in [0.1, 0.15) is 10.4 Å². The first-order valence-corrected chi connectivity index (χ1v) is 6.30. The van der Waals surface area contributed by atoms with Crippen molar-refractivity contribution in [1.82, 2.24) is 0 Å². The van der Waals surface area contributed by atoms with Crippen LogP contribution in [0.3, 0.4) is 0 Å². The van der Waals surface area contributed by atoms with Crippen LogP contribution in [-0.2, 0) is 0 Å². The normalized spacial score (nSPS) is 11.8. The van der Waals surface area contributed by atoms with Gasteiger partial charge < -0.3 is 9.84 Å². The summed E-state index contributed by atoms with van der Waals surface area (Å²) >= 11 is 0. The van der Waals surface area contributed by atoms with E-state index in [1.807, 2.05) is 30.3 Å². The van der Waals surface area contributed by atoms with Gasteiger partial charge in [-0.2, -0.15) is 0 Å². The minimum Gasteiger partial charge on any atom is -0.507 e. The number of aromatic hydroxyl groups is 1. The predicted molar refractivity (Wildman–Crippen MR) is 76.5 cm³/mol. The second kappa shape index (κ2) is 3.84. The Hall–Kier alpha value is -2.81. The third-order valence-electron chi connectivity index (χ3n) is 3.66. The molecular formula is C17H10O3. The van der Waals surface area contributed by atoms with Crippen LogP contribution in [0.15, 0.2) is 48.5 Å². The molecule has 4 rings (SSSR count). The largest absolute Gasteiger partial charge is 0.507 e. The number of para-hydroxylation sites is 1. The van der Waals surface area contributed by atoms with Gasteiger partial charge >= 0.3 is 0 Å². The quantitative estimate of drug-likeness (QED) is 0.524. The summed E-state index contributed by atoms with van der Waals surface area (Å²) in [5.41, 5.74) is 2.40. The fourth-order valence-corrected chi connectivity index (χ4v) is 2.78. The summed E-state index contributed by atoms with van der Waals surface area (Å²) in [6.07, 6.45) is 0.753. The van der Waals surface area contributed by atoms with Crippen LogP contribution in [0, 0.1) is 0 Å². The van der Waals surface area contributed by atoms with E-state index in [1.54, 1.807) is 18.2 Å². The smallest absolute Gasteiger partial charge is 0.150 e. The molecule has 0 bridgehead atoms. The van der Waals surface area contributed by atoms with Gasteiger partial charge in [0.1, 0.15) is 17.2 Å². The molecule has 0 spiro atoms. The molecule has 0 saturated heterocycles. The molecular weight excluding hydrogens is 252 g/mol. The van der Waals surface area contributed by atoms with E-state index in [1.165, 1.54) is 0 Å². The molecule has 3 aromatic rings. The number of phenolic OH excluding ortho intramolecular Hbond substituents is 1. The van der Waals surface area contributed by atoms with E-state index in [9.17, 15) is 9.90 Å². The van der Waals surface area contributed by atoms with E-state index in [4.69, 9.17) is 4.74 Å². The zero-order chi connectivity index (χ0) is 13.7. The summed E-state index contributed by atoms with van der Waals surface area (Å²) in [5, 5.41) is 11.4. The van der Waals surface area contributed by atoms with E-state index in [0.717, 1.165) is 28.5 Å². The summed E-state index contributed by atoms with van der Waals surface area (Å²) < 4.78 is 5.88. The topological polar surface area (TPSA) is 46.5 Å². The van der Waals surface area contributed by atoms with Gasteiger partial charge in [-0.1, -0.05) is 18.2 Å². The SMILES string of the molecule is O=Cc1ccc2c3c(ccc(O)c13)-c1ccccc1O2. The first-order chi connectivity index (χ1) is 9.79. The number of hydrogen-bond acceptors (Lipinski definition) is 3. The predicted octanol–water partition coefficient (Wildman–Crippen LogP) is 4.13. The van der Waals surface area contributed by atoms with Gasteiger partial charge in [-0.15, -0.1) is 0 Å².